The highest BCUT2D eigenvalue weighted by Gasteiger charge is 2.22. The molecule has 0 saturated carbocycles. The average molecular weight is 317 g/mol. The normalized spacial score (nSPS) is 12.5. The van der Waals surface area contributed by atoms with E-state index in [-0.39, 0.29) is 11.4 Å². The summed E-state index contributed by atoms with van der Waals surface area (Å²) in [4.78, 5) is 32.1. The summed E-state index contributed by atoms with van der Waals surface area (Å²) in [7, 11) is 1.31. The smallest absolute Gasteiger partial charge is 0.276 e. The first-order chi connectivity index (χ1) is 10.7. The molecule has 2 aromatic rings. The molecule has 0 fully saturated rings. The third kappa shape index (κ3) is 3.67. The third-order valence-electron chi connectivity index (χ3n) is 2.69. The molecule has 1 atom stereocenters. The van der Waals surface area contributed by atoms with E-state index in [1.807, 2.05) is 6.07 Å². The van der Waals surface area contributed by atoms with E-state index in [1.165, 1.54) is 18.4 Å². The molecule has 0 saturated heterocycles. The minimum atomic E-state index is -0.910. The molecule has 1 aromatic heterocycles. The Hall–Kier alpha value is -2.74. The van der Waals surface area contributed by atoms with Crippen molar-refractivity contribution in [2.75, 3.05) is 12.8 Å². The monoisotopic (exact) mass is 317 g/mol. The summed E-state index contributed by atoms with van der Waals surface area (Å²) in [5.74, 6) is -0.607. The first kappa shape index (κ1) is 15.6. The SMILES string of the molecule is CO/N=C(\C(=O)NC([C]=O)c1ccccc1)c1csc(N)n1. The Morgan fingerprint density at radius 3 is 2.73 bits per heavy atom. The van der Waals surface area contributed by atoms with E-state index in [9.17, 15) is 9.59 Å². The number of nitrogens with zero attached hydrogens (tertiary/aromatic N) is 2. The standard InChI is InChI=1S/C14H13N4O3S/c1-21-18-12(11-8-22-14(15)17-11)13(20)16-10(7-19)9-5-3-2-4-6-9/h2-6,8,10H,1H3,(H2,15,17)(H,16,20)/b18-12-. The highest BCUT2D eigenvalue weighted by atomic mass is 32.1. The van der Waals surface area contributed by atoms with Crippen molar-refractivity contribution in [2.24, 2.45) is 5.16 Å². The number of carbonyl (C=O) groups is 1. The van der Waals surface area contributed by atoms with Gasteiger partial charge in [0.05, 0.1) is 0 Å². The minimum absolute atomic E-state index is 0.0633. The van der Waals surface area contributed by atoms with Crippen molar-refractivity contribution in [3.63, 3.8) is 0 Å². The average Bonchev–Trinajstić information content (AvgIpc) is 2.97. The summed E-state index contributed by atoms with van der Waals surface area (Å²) >= 11 is 1.17. The van der Waals surface area contributed by atoms with Crippen molar-refractivity contribution in [2.45, 2.75) is 6.04 Å². The van der Waals surface area contributed by atoms with Gasteiger partial charge in [-0.3, -0.25) is 9.59 Å². The van der Waals surface area contributed by atoms with Crippen LogP contribution in [-0.2, 0) is 14.4 Å². The van der Waals surface area contributed by atoms with E-state index in [2.05, 4.69) is 20.3 Å². The quantitative estimate of drug-likeness (QED) is 0.611. The fourth-order valence-electron chi connectivity index (χ4n) is 1.72. The maximum absolute atomic E-state index is 12.3. The first-order valence-electron chi connectivity index (χ1n) is 6.21. The predicted octanol–water partition coefficient (Wildman–Crippen LogP) is 1.04. The van der Waals surface area contributed by atoms with Crippen molar-refractivity contribution < 1.29 is 14.4 Å². The number of hydrogen-bond acceptors (Lipinski definition) is 7. The molecule has 0 aliphatic heterocycles. The highest BCUT2D eigenvalue weighted by molar-refractivity contribution is 7.13. The molecule has 0 spiro atoms. The molecule has 7 nitrogen and oxygen atoms in total. The van der Waals surface area contributed by atoms with Crippen LogP contribution in [0.1, 0.15) is 17.3 Å². The van der Waals surface area contributed by atoms with Crippen molar-refractivity contribution in [1.29, 1.82) is 0 Å². The van der Waals surface area contributed by atoms with Crippen LogP contribution in [0.4, 0.5) is 5.13 Å². The van der Waals surface area contributed by atoms with Gasteiger partial charge in [-0.1, -0.05) is 35.5 Å². The summed E-state index contributed by atoms with van der Waals surface area (Å²) in [5, 5.41) is 8.06. The Balaban J connectivity index is 2.21. The molecule has 113 valence electrons. The van der Waals surface area contributed by atoms with E-state index in [0.29, 0.717) is 10.7 Å². The van der Waals surface area contributed by atoms with Crippen molar-refractivity contribution >= 4 is 34.4 Å². The lowest BCUT2D eigenvalue weighted by Gasteiger charge is -2.12. The second-order valence-corrected chi connectivity index (χ2v) is 5.02. The van der Waals surface area contributed by atoms with Crippen LogP contribution in [0, 0.1) is 0 Å². The maximum atomic E-state index is 12.3. The van der Waals surface area contributed by atoms with Gasteiger partial charge in [0.1, 0.15) is 18.8 Å². The van der Waals surface area contributed by atoms with Crippen molar-refractivity contribution in [3.8, 4) is 0 Å². The lowest BCUT2D eigenvalue weighted by molar-refractivity contribution is -0.115. The Labute approximate surface area is 130 Å². The van der Waals surface area contributed by atoms with Gasteiger partial charge in [0.25, 0.3) is 5.91 Å². The maximum Gasteiger partial charge on any atom is 0.276 e. The predicted molar refractivity (Wildman–Crippen MR) is 83.1 cm³/mol. The van der Waals surface area contributed by atoms with Gasteiger partial charge in [-0.05, 0) is 5.56 Å². The molecule has 22 heavy (non-hydrogen) atoms. The van der Waals surface area contributed by atoms with E-state index in [1.54, 1.807) is 35.9 Å². The molecule has 0 bridgehead atoms. The van der Waals surface area contributed by atoms with Crippen LogP contribution < -0.4 is 11.1 Å². The highest BCUT2D eigenvalue weighted by Crippen LogP contribution is 2.14. The number of benzene rings is 1. The molecule has 1 heterocycles. The number of amides is 1. The van der Waals surface area contributed by atoms with Gasteiger partial charge in [-0.25, -0.2) is 4.98 Å². The zero-order chi connectivity index (χ0) is 15.9. The van der Waals surface area contributed by atoms with Crippen LogP contribution in [0.15, 0.2) is 40.9 Å². The second kappa shape index (κ2) is 7.32. The van der Waals surface area contributed by atoms with Crippen LogP contribution >= 0.6 is 11.3 Å². The Morgan fingerprint density at radius 2 is 2.18 bits per heavy atom. The molecule has 1 aromatic carbocycles. The molecule has 0 aliphatic carbocycles. The molecule has 2 rings (SSSR count). The van der Waals surface area contributed by atoms with E-state index in [4.69, 9.17) is 5.73 Å². The van der Waals surface area contributed by atoms with Gasteiger partial charge in [-0.15, -0.1) is 11.3 Å². The second-order valence-electron chi connectivity index (χ2n) is 4.13. The van der Waals surface area contributed by atoms with E-state index in [0.717, 1.165) is 0 Å². The number of nitrogens with one attached hydrogen (secondary N) is 1. The molecule has 0 aliphatic rings. The fraction of sp³-hybridized carbons (Fsp3) is 0.143. The largest absolute Gasteiger partial charge is 0.398 e. The van der Waals surface area contributed by atoms with Gasteiger partial charge >= 0.3 is 0 Å². The summed E-state index contributed by atoms with van der Waals surface area (Å²) < 4.78 is 0. The summed E-state index contributed by atoms with van der Waals surface area (Å²) in [6, 6.07) is 7.84. The van der Waals surface area contributed by atoms with Gasteiger partial charge in [0, 0.05) is 5.38 Å². The van der Waals surface area contributed by atoms with Crippen LogP contribution in [0.5, 0.6) is 0 Å². The summed E-state index contributed by atoms with van der Waals surface area (Å²) in [6.45, 7) is 0. The van der Waals surface area contributed by atoms with Crippen LogP contribution in [0.2, 0.25) is 0 Å². The number of rotatable bonds is 6. The lowest BCUT2D eigenvalue weighted by atomic mass is 10.1. The first-order valence-corrected chi connectivity index (χ1v) is 7.09. The Bertz CT molecular complexity index is 684. The topological polar surface area (TPSA) is 107 Å². The van der Waals surface area contributed by atoms with Crippen molar-refractivity contribution in [3.05, 3.63) is 47.0 Å². The number of thiazole rings is 1. The zero-order valence-electron chi connectivity index (χ0n) is 11.6. The van der Waals surface area contributed by atoms with Crippen molar-refractivity contribution in [1.82, 2.24) is 10.3 Å². The Kier molecular flexibility index (Phi) is 5.21. The van der Waals surface area contributed by atoms with Crippen LogP contribution in [0.3, 0.4) is 0 Å². The third-order valence-corrected chi connectivity index (χ3v) is 3.36. The zero-order valence-corrected chi connectivity index (χ0v) is 12.5. The molecular weight excluding hydrogens is 304 g/mol. The van der Waals surface area contributed by atoms with Gasteiger partial charge < -0.3 is 15.9 Å². The summed E-state index contributed by atoms with van der Waals surface area (Å²) in [6.07, 6.45) is 1.78. The number of carbonyl (C=O) groups excluding carboxylic acids is 2. The molecule has 8 heteroatoms. The van der Waals surface area contributed by atoms with Crippen LogP contribution in [-0.4, -0.2) is 30.0 Å². The molecule has 1 radical (unpaired) electrons. The minimum Gasteiger partial charge on any atom is -0.398 e. The van der Waals surface area contributed by atoms with Gasteiger partial charge in [0.15, 0.2) is 10.8 Å². The van der Waals surface area contributed by atoms with E-state index < -0.39 is 11.9 Å². The van der Waals surface area contributed by atoms with Gasteiger partial charge in [-0.2, -0.15) is 0 Å². The number of hydrogen-bond donors (Lipinski definition) is 2. The number of anilines is 1. The molecular formula is C14H13N4O3S. The number of oxime groups is 1. The molecule has 3 N–H and O–H groups in total. The number of aromatic nitrogens is 1. The lowest BCUT2D eigenvalue weighted by Crippen LogP contribution is -2.35. The number of nitrogens with two attached hydrogens (primary N) is 1. The van der Waals surface area contributed by atoms with Crippen LogP contribution in [0.25, 0.3) is 0 Å². The van der Waals surface area contributed by atoms with E-state index >= 15 is 0 Å². The van der Waals surface area contributed by atoms with Gasteiger partial charge in [0.2, 0.25) is 6.29 Å². The fourth-order valence-corrected chi connectivity index (χ4v) is 2.27. The summed E-state index contributed by atoms with van der Waals surface area (Å²) in [5.41, 5.74) is 6.37. The Morgan fingerprint density at radius 1 is 1.45 bits per heavy atom. The molecule has 1 unspecified atom stereocenters. The molecule has 1 amide bonds. The number of nitrogen functional groups attached to an aromatic ring is 1.